The molecule has 1 saturated heterocycles. The number of carbonyl (C=O) groups excluding carboxylic acids is 1. The Morgan fingerprint density at radius 2 is 1.79 bits per heavy atom. The summed E-state index contributed by atoms with van der Waals surface area (Å²) in [7, 11) is 0. The van der Waals surface area contributed by atoms with Crippen LogP contribution in [0.3, 0.4) is 0 Å². The summed E-state index contributed by atoms with van der Waals surface area (Å²) in [4.78, 5) is 19.3. The molecule has 4 rings (SSSR count). The first kappa shape index (κ1) is 15.3. The van der Waals surface area contributed by atoms with Gasteiger partial charge in [-0.15, -0.1) is 0 Å². The molecule has 6 heteroatoms. The van der Waals surface area contributed by atoms with Crippen LogP contribution in [0.1, 0.15) is 36.2 Å². The maximum atomic E-state index is 13.0. The number of amides is 1. The van der Waals surface area contributed by atoms with Crippen LogP contribution in [0, 0.1) is 5.82 Å². The molecule has 126 valence electrons. The van der Waals surface area contributed by atoms with Crippen LogP contribution < -0.4 is 5.32 Å². The molecule has 1 saturated carbocycles. The summed E-state index contributed by atoms with van der Waals surface area (Å²) in [6.07, 6.45) is 5.50. The summed E-state index contributed by atoms with van der Waals surface area (Å²) in [5.41, 5.74) is 0.995. The van der Waals surface area contributed by atoms with Crippen molar-refractivity contribution in [1.29, 1.82) is 0 Å². The van der Waals surface area contributed by atoms with Gasteiger partial charge in [-0.1, -0.05) is 0 Å². The van der Waals surface area contributed by atoms with Crippen molar-refractivity contribution < 1.29 is 13.6 Å². The molecule has 1 aromatic carbocycles. The van der Waals surface area contributed by atoms with Crippen molar-refractivity contribution in [3.63, 3.8) is 0 Å². The molecule has 2 aromatic rings. The van der Waals surface area contributed by atoms with E-state index in [-0.39, 0.29) is 17.8 Å². The van der Waals surface area contributed by atoms with Gasteiger partial charge < -0.3 is 14.6 Å². The zero-order valence-corrected chi connectivity index (χ0v) is 13.4. The Labute approximate surface area is 139 Å². The van der Waals surface area contributed by atoms with Gasteiger partial charge >= 0.3 is 0 Å². The number of nitrogens with zero attached hydrogens (tertiary/aromatic N) is 2. The van der Waals surface area contributed by atoms with Crippen LogP contribution in [-0.2, 0) is 0 Å². The quantitative estimate of drug-likeness (QED) is 0.937. The first-order valence-electron chi connectivity index (χ1n) is 8.47. The number of halogens is 1. The summed E-state index contributed by atoms with van der Waals surface area (Å²) in [5, 5.41) is 3.34. The molecule has 24 heavy (non-hydrogen) atoms. The fourth-order valence-electron chi connectivity index (χ4n) is 3.30. The molecule has 0 unspecified atom stereocenters. The highest BCUT2D eigenvalue weighted by Crippen LogP contribution is 2.32. The molecule has 0 bridgehead atoms. The van der Waals surface area contributed by atoms with Crippen molar-refractivity contribution in [2.45, 2.75) is 37.8 Å². The smallest absolute Gasteiger partial charge is 0.276 e. The van der Waals surface area contributed by atoms with E-state index in [9.17, 15) is 9.18 Å². The Balaban J connectivity index is 1.55. The van der Waals surface area contributed by atoms with Gasteiger partial charge in [0.15, 0.2) is 5.69 Å². The predicted molar refractivity (Wildman–Crippen MR) is 87.0 cm³/mol. The summed E-state index contributed by atoms with van der Waals surface area (Å²) in [6, 6.07) is 6.52. The molecule has 5 nitrogen and oxygen atoms in total. The molecule has 1 aromatic heterocycles. The third-order valence-corrected chi connectivity index (χ3v) is 4.69. The van der Waals surface area contributed by atoms with E-state index in [1.807, 2.05) is 4.90 Å². The van der Waals surface area contributed by atoms with Gasteiger partial charge in [-0.3, -0.25) is 4.79 Å². The van der Waals surface area contributed by atoms with Crippen LogP contribution in [-0.4, -0.2) is 41.0 Å². The molecule has 0 atom stereocenters. The van der Waals surface area contributed by atoms with Crippen molar-refractivity contribution in [2.75, 3.05) is 13.1 Å². The van der Waals surface area contributed by atoms with E-state index in [1.165, 1.54) is 18.4 Å². The number of piperidine rings is 1. The fraction of sp³-hybridized carbons (Fsp3) is 0.444. The summed E-state index contributed by atoms with van der Waals surface area (Å²) >= 11 is 0. The van der Waals surface area contributed by atoms with Gasteiger partial charge in [-0.25, -0.2) is 9.37 Å². The second-order valence-electron chi connectivity index (χ2n) is 6.47. The number of benzene rings is 1. The lowest BCUT2D eigenvalue weighted by atomic mass is 10.0. The molecular formula is C18H20FN3O2. The van der Waals surface area contributed by atoms with Crippen molar-refractivity contribution in [3.05, 3.63) is 42.0 Å². The average molecular weight is 329 g/mol. The Morgan fingerprint density at radius 3 is 2.46 bits per heavy atom. The normalized spacial score (nSPS) is 18.5. The van der Waals surface area contributed by atoms with Gasteiger partial charge in [0.05, 0.1) is 0 Å². The predicted octanol–water partition coefficient (Wildman–Crippen LogP) is 2.84. The molecule has 1 amide bonds. The second kappa shape index (κ2) is 6.36. The zero-order valence-electron chi connectivity index (χ0n) is 13.4. The van der Waals surface area contributed by atoms with Crippen molar-refractivity contribution in [3.8, 4) is 11.5 Å². The number of aromatic nitrogens is 1. The van der Waals surface area contributed by atoms with Crippen LogP contribution in [0.25, 0.3) is 11.5 Å². The third-order valence-electron chi connectivity index (χ3n) is 4.69. The first-order chi connectivity index (χ1) is 11.7. The third kappa shape index (κ3) is 3.06. The molecule has 0 spiro atoms. The summed E-state index contributed by atoms with van der Waals surface area (Å²) in [6.45, 7) is 1.89. The van der Waals surface area contributed by atoms with Crippen LogP contribution in [0.5, 0.6) is 0 Å². The highest BCUT2D eigenvalue weighted by Gasteiger charge is 2.39. The molecule has 0 radical (unpaired) electrons. The molecule has 1 aliphatic heterocycles. The van der Waals surface area contributed by atoms with E-state index < -0.39 is 0 Å². The van der Waals surface area contributed by atoms with Crippen LogP contribution in [0.4, 0.5) is 4.39 Å². The largest absolute Gasteiger partial charge is 0.444 e. The van der Waals surface area contributed by atoms with Gasteiger partial charge in [0.25, 0.3) is 5.91 Å². The molecular weight excluding hydrogens is 309 g/mol. The van der Waals surface area contributed by atoms with Crippen LogP contribution in [0.15, 0.2) is 34.9 Å². The highest BCUT2D eigenvalue weighted by molar-refractivity contribution is 5.93. The standard InChI is InChI=1S/C18H20FN3O2/c19-13-3-1-12(2-4-13)17-21-16(11-24-17)18(23)22(14-5-6-14)15-7-9-20-10-8-15/h1-4,11,14-15,20H,5-10H2. The number of hydrogen-bond acceptors (Lipinski definition) is 4. The van der Waals surface area contributed by atoms with E-state index in [2.05, 4.69) is 10.3 Å². The molecule has 2 aliphatic rings. The number of rotatable bonds is 4. The summed E-state index contributed by atoms with van der Waals surface area (Å²) in [5.74, 6) is -0.0201. The van der Waals surface area contributed by atoms with E-state index in [4.69, 9.17) is 4.42 Å². The number of carbonyl (C=O) groups is 1. The Morgan fingerprint density at radius 1 is 1.12 bits per heavy atom. The lowest BCUT2D eigenvalue weighted by molar-refractivity contribution is 0.0617. The van der Waals surface area contributed by atoms with E-state index in [0.717, 1.165) is 38.8 Å². The molecule has 2 heterocycles. The minimum absolute atomic E-state index is 0.0542. The number of hydrogen-bond donors (Lipinski definition) is 1. The maximum absolute atomic E-state index is 13.0. The van der Waals surface area contributed by atoms with E-state index in [0.29, 0.717) is 23.2 Å². The summed E-state index contributed by atoms with van der Waals surface area (Å²) < 4.78 is 18.5. The fourth-order valence-corrected chi connectivity index (χ4v) is 3.30. The minimum Gasteiger partial charge on any atom is -0.444 e. The van der Waals surface area contributed by atoms with Crippen molar-refractivity contribution >= 4 is 5.91 Å². The Bertz CT molecular complexity index is 718. The van der Waals surface area contributed by atoms with E-state index >= 15 is 0 Å². The van der Waals surface area contributed by atoms with Crippen molar-refractivity contribution in [1.82, 2.24) is 15.2 Å². The Kier molecular flexibility index (Phi) is 4.06. The average Bonchev–Trinajstić information content (AvgIpc) is 3.31. The van der Waals surface area contributed by atoms with Gasteiger partial charge in [0, 0.05) is 17.6 Å². The monoisotopic (exact) mass is 329 g/mol. The first-order valence-corrected chi connectivity index (χ1v) is 8.47. The van der Waals surface area contributed by atoms with E-state index in [1.54, 1.807) is 12.1 Å². The Hall–Kier alpha value is -2.21. The minimum atomic E-state index is -0.313. The maximum Gasteiger partial charge on any atom is 0.276 e. The second-order valence-corrected chi connectivity index (χ2v) is 6.47. The highest BCUT2D eigenvalue weighted by atomic mass is 19.1. The topological polar surface area (TPSA) is 58.4 Å². The van der Waals surface area contributed by atoms with Gasteiger partial charge in [0.1, 0.15) is 12.1 Å². The molecule has 1 aliphatic carbocycles. The van der Waals surface area contributed by atoms with Crippen LogP contribution in [0.2, 0.25) is 0 Å². The number of nitrogens with one attached hydrogen (secondary N) is 1. The lowest BCUT2D eigenvalue weighted by Gasteiger charge is -2.34. The van der Waals surface area contributed by atoms with Gasteiger partial charge in [-0.05, 0) is 63.0 Å². The zero-order chi connectivity index (χ0) is 16.5. The van der Waals surface area contributed by atoms with Crippen LogP contribution >= 0.6 is 0 Å². The molecule has 1 N–H and O–H groups in total. The SMILES string of the molecule is O=C(c1coc(-c2ccc(F)cc2)n1)N(C1CCNCC1)C1CC1. The number of oxazole rings is 1. The van der Waals surface area contributed by atoms with Crippen molar-refractivity contribution in [2.24, 2.45) is 0 Å². The van der Waals surface area contributed by atoms with Gasteiger partial charge in [-0.2, -0.15) is 0 Å². The lowest BCUT2D eigenvalue weighted by Crippen LogP contribution is -2.47. The van der Waals surface area contributed by atoms with Gasteiger partial charge in [0.2, 0.25) is 5.89 Å². The molecule has 2 fully saturated rings.